The van der Waals surface area contributed by atoms with Crippen LogP contribution in [0.1, 0.15) is 49.9 Å². The topological polar surface area (TPSA) is 25.2 Å². The molecule has 0 unspecified atom stereocenters. The van der Waals surface area contributed by atoms with Gasteiger partial charge in [-0.05, 0) is 38.0 Å². The van der Waals surface area contributed by atoms with E-state index in [2.05, 4.69) is 54.9 Å². The standard InChI is InChI=1S/C21H29ClN2O/c1-4-5-6-12-24(21(25)18(3)22)16-20-11-8-13-23(20)15-19-10-7-9-17(2)14-19/h7-11,13-14,18H,4-6,12,15-16H2,1-3H3/t18-/m0/s1. The van der Waals surface area contributed by atoms with Crippen molar-refractivity contribution in [1.29, 1.82) is 0 Å². The van der Waals surface area contributed by atoms with E-state index < -0.39 is 5.38 Å². The molecule has 0 bridgehead atoms. The van der Waals surface area contributed by atoms with Crippen molar-refractivity contribution in [2.45, 2.75) is 58.5 Å². The lowest BCUT2D eigenvalue weighted by Crippen LogP contribution is -2.36. The molecule has 0 saturated carbocycles. The maximum Gasteiger partial charge on any atom is 0.240 e. The summed E-state index contributed by atoms with van der Waals surface area (Å²) in [6.07, 6.45) is 5.37. The van der Waals surface area contributed by atoms with Gasteiger partial charge < -0.3 is 9.47 Å². The molecule has 1 aromatic heterocycles. The third kappa shape index (κ3) is 5.93. The summed E-state index contributed by atoms with van der Waals surface area (Å²) in [7, 11) is 0. The van der Waals surface area contributed by atoms with Crippen LogP contribution in [0.3, 0.4) is 0 Å². The zero-order valence-corrected chi connectivity index (χ0v) is 16.3. The first-order valence-electron chi connectivity index (χ1n) is 9.13. The summed E-state index contributed by atoms with van der Waals surface area (Å²) in [5.41, 5.74) is 3.68. The number of carbonyl (C=O) groups excluding carboxylic acids is 1. The van der Waals surface area contributed by atoms with Crippen LogP contribution in [0.2, 0.25) is 0 Å². The molecule has 0 aliphatic rings. The van der Waals surface area contributed by atoms with Gasteiger partial charge in [-0.15, -0.1) is 11.6 Å². The van der Waals surface area contributed by atoms with Crippen molar-refractivity contribution in [2.75, 3.05) is 6.54 Å². The monoisotopic (exact) mass is 360 g/mol. The molecule has 2 aromatic rings. The molecule has 136 valence electrons. The van der Waals surface area contributed by atoms with Crippen LogP contribution in [0.25, 0.3) is 0 Å². The molecule has 1 amide bonds. The Morgan fingerprint density at radius 2 is 2.04 bits per heavy atom. The van der Waals surface area contributed by atoms with Crippen molar-refractivity contribution >= 4 is 17.5 Å². The van der Waals surface area contributed by atoms with E-state index >= 15 is 0 Å². The van der Waals surface area contributed by atoms with Gasteiger partial charge >= 0.3 is 0 Å². The van der Waals surface area contributed by atoms with Gasteiger partial charge in [-0.3, -0.25) is 4.79 Å². The first-order chi connectivity index (χ1) is 12.0. The number of benzene rings is 1. The second-order valence-electron chi connectivity index (χ2n) is 6.70. The van der Waals surface area contributed by atoms with E-state index in [1.807, 2.05) is 11.0 Å². The van der Waals surface area contributed by atoms with Crippen LogP contribution < -0.4 is 0 Å². The number of aromatic nitrogens is 1. The highest BCUT2D eigenvalue weighted by Gasteiger charge is 2.19. The fourth-order valence-electron chi connectivity index (χ4n) is 3.02. The Bertz CT molecular complexity index is 678. The quantitative estimate of drug-likeness (QED) is 0.456. The van der Waals surface area contributed by atoms with Crippen LogP contribution in [0.4, 0.5) is 0 Å². The lowest BCUT2D eigenvalue weighted by atomic mass is 10.1. The summed E-state index contributed by atoms with van der Waals surface area (Å²) in [6.45, 7) is 8.22. The average Bonchev–Trinajstić information content (AvgIpc) is 3.00. The van der Waals surface area contributed by atoms with Gasteiger partial charge in [0.15, 0.2) is 0 Å². The van der Waals surface area contributed by atoms with E-state index in [-0.39, 0.29) is 5.91 Å². The SMILES string of the molecule is CCCCCN(Cc1cccn1Cc1cccc(C)c1)C(=O)[C@H](C)Cl. The van der Waals surface area contributed by atoms with Gasteiger partial charge in [0.1, 0.15) is 5.38 Å². The Morgan fingerprint density at radius 3 is 2.72 bits per heavy atom. The minimum atomic E-state index is -0.484. The van der Waals surface area contributed by atoms with E-state index in [0.29, 0.717) is 6.54 Å². The number of alkyl halides is 1. The van der Waals surface area contributed by atoms with Gasteiger partial charge in [-0.25, -0.2) is 0 Å². The minimum Gasteiger partial charge on any atom is -0.345 e. The third-order valence-corrected chi connectivity index (χ3v) is 4.58. The normalized spacial score (nSPS) is 12.2. The zero-order chi connectivity index (χ0) is 18.2. The molecule has 0 spiro atoms. The molecule has 0 saturated heterocycles. The molecular formula is C21H29ClN2O. The van der Waals surface area contributed by atoms with Crippen LogP contribution in [0.5, 0.6) is 0 Å². The number of unbranched alkanes of at least 4 members (excludes halogenated alkanes) is 2. The number of nitrogens with zero attached hydrogens (tertiary/aromatic N) is 2. The van der Waals surface area contributed by atoms with Crippen molar-refractivity contribution in [2.24, 2.45) is 0 Å². The molecule has 1 aromatic carbocycles. The van der Waals surface area contributed by atoms with Crippen LogP contribution in [0, 0.1) is 6.92 Å². The molecule has 2 rings (SSSR count). The summed E-state index contributed by atoms with van der Waals surface area (Å²) in [5, 5.41) is -0.484. The fraction of sp³-hybridized carbons (Fsp3) is 0.476. The summed E-state index contributed by atoms with van der Waals surface area (Å²) < 4.78 is 2.22. The molecule has 25 heavy (non-hydrogen) atoms. The Kier molecular flexibility index (Phi) is 7.57. The number of hydrogen-bond acceptors (Lipinski definition) is 1. The zero-order valence-electron chi connectivity index (χ0n) is 15.5. The van der Waals surface area contributed by atoms with Gasteiger partial charge in [-0.2, -0.15) is 0 Å². The first kappa shape index (κ1) is 19.6. The van der Waals surface area contributed by atoms with Gasteiger partial charge in [-0.1, -0.05) is 49.6 Å². The van der Waals surface area contributed by atoms with Crippen molar-refractivity contribution < 1.29 is 4.79 Å². The largest absolute Gasteiger partial charge is 0.345 e. The molecule has 0 aliphatic heterocycles. The van der Waals surface area contributed by atoms with E-state index in [1.165, 1.54) is 11.1 Å². The Labute approximate surface area is 156 Å². The second-order valence-corrected chi connectivity index (χ2v) is 7.35. The second kappa shape index (κ2) is 9.67. The minimum absolute atomic E-state index is 0.0149. The molecule has 0 aliphatic carbocycles. The highest BCUT2D eigenvalue weighted by molar-refractivity contribution is 6.30. The van der Waals surface area contributed by atoms with Gasteiger partial charge in [0.05, 0.1) is 6.54 Å². The van der Waals surface area contributed by atoms with Crippen molar-refractivity contribution in [3.63, 3.8) is 0 Å². The molecule has 0 N–H and O–H groups in total. The molecule has 1 heterocycles. The maximum atomic E-state index is 12.5. The number of halogens is 1. The summed E-state index contributed by atoms with van der Waals surface area (Å²) in [5.74, 6) is 0.0149. The molecule has 3 nitrogen and oxygen atoms in total. The van der Waals surface area contributed by atoms with E-state index in [9.17, 15) is 4.79 Å². The van der Waals surface area contributed by atoms with Crippen LogP contribution >= 0.6 is 11.6 Å². The summed E-state index contributed by atoms with van der Waals surface area (Å²) in [6, 6.07) is 12.7. The lowest BCUT2D eigenvalue weighted by Gasteiger charge is -2.25. The van der Waals surface area contributed by atoms with Crippen LogP contribution in [0.15, 0.2) is 42.6 Å². The smallest absolute Gasteiger partial charge is 0.240 e. The molecule has 1 atom stereocenters. The highest BCUT2D eigenvalue weighted by Crippen LogP contribution is 2.14. The predicted octanol–water partition coefficient (Wildman–Crippen LogP) is 4.99. The maximum absolute atomic E-state index is 12.5. The predicted molar refractivity (Wildman–Crippen MR) is 105 cm³/mol. The number of carbonyl (C=O) groups is 1. The van der Waals surface area contributed by atoms with Crippen molar-refractivity contribution in [3.05, 3.63) is 59.4 Å². The van der Waals surface area contributed by atoms with Gasteiger partial charge in [0, 0.05) is 25.0 Å². The average molecular weight is 361 g/mol. The van der Waals surface area contributed by atoms with E-state index in [4.69, 9.17) is 11.6 Å². The number of hydrogen-bond donors (Lipinski definition) is 0. The van der Waals surface area contributed by atoms with E-state index in [0.717, 1.165) is 38.0 Å². The fourth-order valence-corrected chi connectivity index (χ4v) is 3.16. The molecule has 0 fully saturated rings. The molecular weight excluding hydrogens is 332 g/mol. The third-order valence-electron chi connectivity index (χ3n) is 4.40. The van der Waals surface area contributed by atoms with Gasteiger partial charge in [0.25, 0.3) is 0 Å². The first-order valence-corrected chi connectivity index (χ1v) is 9.57. The molecule has 4 heteroatoms. The highest BCUT2D eigenvalue weighted by atomic mass is 35.5. The summed E-state index contributed by atoms with van der Waals surface area (Å²) in [4.78, 5) is 14.4. The van der Waals surface area contributed by atoms with E-state index in [1.54, 1.807) is 6.92 Å². The molecule has 0 radical (unpaired) electrons. The number of rotatable bonds is 9. The van der Waals surface area contributed by atoms with Crippen molar-refractivity contribution in [1.82, 2.24) is 9.47 Å². The summed E-state index contributed by atoms with van der Waals surface area (Å²) >= 11 is 6.06. The van der Waals surface area contributed by atoms with Crippen LogP contribution in [-0.2, 0) is 17.9 Å². The number of aryl methyl sites for hydroxylation is 1. The van der Waals surface area contributed by atoms with Crippen LogP contribution in [-0.4, -0.2) is 27.3 Å². The number of amides is 1. The Balaban J connectivity index is 2.11. The van der Waals surface area contributed by atoms with Crippen molar-refractivity contribution in [3.8, 4) is 0 Å². The lowest BCUT2D eigenvalue weighted by molar-refractivity contribution is -0.131. The Hall–Kier alpha value is -1.74. The van der Waals surface area contributed by atoms with Gasteiger partial charge in [0.2, 0.25) is 5.91 Å². The Morgan fingerprint density at radius 1 is 1.24 bits per heavy atom.